The summed E-state index contributed by atoms with van der Waals surface area (Å²) in [6.45, 7) is 0.719. The van der Waals surface area contributed by atoms with Crippen molar-refractivity contribution in [3.8, 4) is 17.0 Å². The van der Waals surface area contributed by atoms with Crippen molar-refractivity contribution in [3.05, 3.63) is 35.0 Å². The molecule has 0 bridgehead atoms. The summed E-state index contributed by atoms with van der Waals surface area (Å²) in [6, 6.07) is 4.10. The van der Waals surface area contributed by atoms with E-state index in [9.17, 15) is 4.79 Å². The van der Waals surface area contributed by atoms with Crippen LogP contribution in [0, 0.1) is 0 Å². The molecule has 0 radical (unpaired) electrons. The molecule has 128 valence electrons. The first-order chi connectivity index (χ1) is 12.1. The van der Waals surface area contributed by atoms with Gasteiger partial charge in [0, 0.05) is 49.6 Å². The summed E-state index contributed by atoms with van der Waals surface area (Å²) in [6.07, 6.45) is 6.22. The predicted octanol–water partition coefficient (Wildman–Crippen LogP) is 2.50. The third-order valence-electron chi connectivity index (χ3n) is 4.69. The molecule has 0 aliphatic carbocycles. The van der Waals surface area contributed by atoms with Crippen molar-refractivity contribution in [2.24, 2.45) is 10.7 Å². The van der Waals surface area contributed by atoms with Crippen molar-refractivity contribution in [1.82, 2.24) is 4.98 Å². The van der Waals surface area contributed by atoms with Gasteiger partial charge in [0.15, 0.2) is 0 Å². The Hall–Kier alpha value is -2.89. The Balaban J connectivity index is 1.93. The molecule has 0 saturated heterocycles. The number of nitrogens with two attached hydrogens (primary N) is 1. The van der Waals surface area contributed by atoms with Crippen molar-refractivity contribution in [2.45, 2.75) is 19.3 Å². The van der Waals surface area contributed by atoms with Gasteiger partial charge in [0.1, 0.15) is 0 Å². The molecule has 0 unspecified atom stereocenters. The van der Waals surface area contributed by atoms with Crippen molar-refractivity contribution >= 4 is 23.5 Å². The molecule has 0 atom stereocenters. The van der Waals surface area contributed by atoms with Crippen LogP contribution in [0.15, 0.2) is 23.3 Å². The average molecular weight is 336 g/mol. The van der Waals surface area contributed by atoms with E-state index in [1.165, 1.54) is 0 Å². The Kier molecular flexibility index (Phi) is 3.67. The minimum atomic E-state index is -0.422. The number of rotatable bonds is 3. The van der Waals surface area contributed by atoms with Crippen LogP contribution in [0.1, 0.15) is 27.9 Å². The van der Waals surface area contributed by atoms with Crippen LogP contribution in [0.3, 0.4) is 0 Å². The lowest BCUT2D eigenvalue weighted by atomic mass is 9.93. The van der Waals surface area contributed by atoms with Crippen LogP contribution in [-0.2, 0) is 12.8 Å². The van der Waals surface area contributed by atoms with Crippen LogP contribution in [0.2, 0.25) is 0 Å². The molecule has 2 N–H and O–H groups in total. The topological polar surface area (TPSA) is 80.8 Å². The summed E-state index contributed by atoms with van der Waals surface area (Å²) in [5.41, 5.74) is 11.8. The molecule has 3 heterocycles. The van der Waals surface area contributed by atoms with Gasteiger partial charge in [-0.2, -0.15) is 0 Å². The number of aromatic nitrogens is 1. The molecule has 0 spiro atoms. The van der Waals surface area contributed by atoms with Crippen LogP contribution in [0.25, 0.3) is 11.1 Å². The number of pyridine rings is 1. The molecule has 0 saturated carbocycles. The zero-order chi connectivity index (χ0) is 17.6. The molecule has 0 fully saturated rings. The van der Waals surface area contributed by atoms with Gasteiger partial charge in [0.2, 0.25) is 5.88 Å². The van der Waals surface area contributed by atoms with Crippen molar-refractivity contribution in [2.75, 3.05) is 25.6 Å². The maximum absolute atomic E-state index is 12.0. The first-order valence-electron chi connectivity index (χ1n) is 8.38. The summed E-state index contributed by atoms with van der Waals surface area (Å²) in [5.74, 6) is 0.297. The average Bonchev–Trinajstić information content (AvgIpc) is 3.08. The summed E-state index contributed by atoms with van der Waals surface area (Å²) in [5, 5.41) is 0. The van der Waals surface area contributed by atoms with E-state index in [0.29, 0.717) is 12.0 Å². The SMILES string of the molecule is CN(C)c1cc(-c2cnc3c(c2)CCCO3)c2c(c1C(N)=O)CC=N2. The fraction of sp³-hybridized carbons (Fsp3) is 0.316. The third kappa shape index (κ3) is 2.54. The second kappa shape index (κ2) is 5.88. The predicted molar refractivity (Wildman–Crippen MR) is 98.2 cm³/mol. The van der Waals surface area contributed by atoms with E-state index < -0.39 is 5.91 Å². The van der Waals surface area contributed by atoms with E-state index in [-0.39, 0.29) is 0 Å². The second-order valence-electron chi connectivity index (χ2n) is 6.56. The lowest BCUT2D eigenvalue weighted by molar-refractivity contribution is 0.1000. The fourth-order valence-electron chi connectivity index (χ4n) is 3.52. The van der Waals surface area contributed by atoms with Crippen LogP contribution in [-0.4, -0.2) is 37.8 Å². The lowest BCUT2D eigenvalue weighted by Gasteiger charge is -2.22. The van der Waals surface area contributed by atoms with E-state index in [1.807, 2.05) is 37.5 Å². The number of benzene rings is 1. The second-order valence-corrected chi connectivity index (χ2v) is 6.56. The van der Waals surface area contributed by atoms with Gasteiger partial charge in [0.25, 0.3) is 5.91 Å². The summed E-state index contributed by atoms with van der Waals surface area (Å²) in [7, 11) is 3.82. The number of nitrogens with zero attached hydrogens (tertiary/aromatic N) is 3. The number of fused-ring (bicyclic) bond motifs is 2. The van der Waals surface area contributed by atoms with Gasteiger partial charge in [0.05, 0.1) is 23.5 Å². The monoisotopic (exact) mass is 336 g/mol. The van der Waals surface area contributed by atoms with Crippen LogP contribution >= 0.6 is 0 Å². The maximum atomic E-state index is 12.0. The zero-order valence-corrected chi connectivity index (χ0v) is 14.4. The summed E-state index contributed by atoms with van der Waals surface area (Å²) in [4.78, 5) is 22.9. The Bertz CT molecular complexity index is 903. The number of aliphatic imine (C=N–C) groups is 1. The molecule has 25 heavy (non-hydrogen) atoms. The minimum Gasteiger partial charge on any atom is -0.477 e. The maximum Gasteiger partial charge on any atom is 0.251 e. The number of amides is 1. The Morgan fingerprint density at radius 1 is 1.32 bits per heavy atom. The number of carbonyl (C=O) groups is 1. The molecule has 2 aliphatic rings. The van der Waals surface area contributed by atoms with Crippen LogP contribution in [0.5, 0.6) is 5.88 Å². The molecular formula is C19H20N4O2. The number of hydrogen-bond acceptors (Lipinski definition) is 5. The number of primary amides is 1. The van der Waals surface area contributed by atoms with Gasteiger partial charge >= 0.3 is 0 Å². The minimum absolute atomic E-state index is 0.422. The Morgan fingerprint density at radius 2 is 2.16 bits per heavy atom. The molecule has 6 nitrogen and oxygen atoms in total. The number of anilines is 1. The molecule has 1 aromatic heterocycles. The van der Waals surface area contributed by atoms with E-state index in [2.05, 4.69) is 16.0 Å². The van der Waals surface area contributed by atoms with E-state index in [4.69, 9.17) is 10.5 Å². The smallest absolute Gasteiger partial charge is 0.251 e. The molecule has 2 aliphatic heterocycles. The van der Waals surface area contributed by atoms with Crippen LogP contribution < -0.4 is 15.4 Å². The van der Waals surface area contributed by atoms with E-state index >= 15 is 0 Å². The summed E-state index contributed by atoms with van der Waals surface area (Å²) >= 11 is 0. The third-order valence-corrected chi connectivity index (χ3v) is 4.69. The lowest BCUT2D eigenvalue weighted by Crippen LogP contribution is -2.20. The van der Waals surface area contributed by atoms with Crippen LogP contribution in [0.4, 0.5) is 11.4 Å². The van der Waals surface area contributed by atoms with Gasteiger partial charge < -0.3 is 15.4 Å². The first-order valence-corrected chi connectivity index (χ1v) is 8.38. The number of hydrogen-bond donors (Lipinski definition) is 1. The largest absolute Gasteiger partial charge is 0.477 e. The molecule has 6 heteroatoms. The molecule has 1 amide bonds. The molecule has 2 aromatic rings. The van der Waals surface area contributed by atoms with Gasteiger partial charge in [-0.3, -0.25) is 9.79 Å². The van der Waals surface area contributed by atoms with Gasteiger partial charge in [-0.15, -0.1) is 0 Å². The summed E-state index contributed by atoms with van der Waals surface area (Å²) < 4.78 is 5.61. The molecule has 1 aromatic carbocycles. The number of carbonyl (C=O) groups excluding carboxylic acids is 1. The highest BCUT2D eigenvalue weighted by Crippen LogP contribution is 2.43. The van der Waals surface area contributed by atoms with E-state index in [1.54, 1.807) is 0 Å². The zero-order valence-electron chi connectivity index (χ0n) is 14.4. The normalized spacial score (nSPS) is 14.6. The highest BCUT2D eigenvalue weighted by Gasteiger charge is 2.25. The van der Waals surface area contributed by atoms with Crippen molar-refractivity contribution in [3.63, 3.8) is 0 Å². The molecular weight excluding hydrogens is 316 g/mol. The highest BCUT2D eigenvalue weighted by atomic mass is 16.5. The van der Waals surface area contributed by atoms with E-state index in [0.717, 1.165) is 59.0 Å². The quantitative estimate of drug-likeness (QED) is 0.934. The Morgan fingerprint density at radius 3 is 2.92 bits per heavy atom. The molecule has 4 rings (SSSR count). The number of ether oxygens (including phenoxy) is 1. The highest BCUT2D eigenvalue weighted by molar-refractivity contribution is 6.06. The fourth-order valence-corrected chi connectivity index (χ4v) is 3.52. The Labute approximate surface area is 146 Å². The standard InChI is InChI=1S/C19H20N4O2/c1-23(2)15-9-14(17-13(5-6-21-17)16(15)18(20)24)12-8-11-4-3-7-25-19(11)22-10-12/h6,8-10H,3-5,7H2,1-2H3,(H2,20,24). The van der Waals surface area contributed by atoms with Crippen molar-refractivity contribution < 1.29 is 9.53 Å². The van der Waals surface area contributed by atoms with Gasteiger partial charge in [-0.1, -0.05) is 0 Å². The van der Waals surface area contributed by atoms with Gasteiger partial charge in [-0.05, 0) is 30.5 Å². The van der Waals surface area contributed by atoms with Gasteiger partial charge in [-0.25, -0.2) is 4.98 Å². The number of aryl methyl sites for hydroxylation is 1. The van der Waals surface area contributed by atoms with Crippen molar-refractivity contribution in [1.29, 1.82) is 0 Å². The first kappa shape index (κ1) is 15.6.